The fourth-order valence-electron chi connectivity index (χ4n) is 3.75. The number of benzene rings is 1. The van der Waals surface area contributed by atoms with Crippen molar-refractivity contribution in [2.45, 2.75) is 19.8 Å². The Hall–Kier alpha value is -2.57. The average Bonchev–Trinajstić information content (AvgIpc) is 3.46. The Bertz CT molecular complexity index is 1140. The van der Waals surface area contributed by atoms with Crippen molar-refractivity contribution in [2.75, 3.05) is 13.1 Å². The minimum absolute atomic E-state index is 0.0978. The molecule has 29 heavy (non-hydrogen) atoms. The first kappa shape index (κ1) is 18.5. The number of carbonyl (C=O) groups excluding carboxylic acids is 1. The van der Waals surface area contributed by atoms with Crippen molar-refractivity contribution in [2.24, 2.45) is 5.92 Å². The molecule has 4 aromatic rings. The van der Waals surface area contributed by atoms with Gasteiger partial charge in [0.15, 0.2) is 0 Å². The van der Waals surface area contributed by atoms with E-state index in [1.807, 2.05) is 35.2 Å². The summed E-state index contributed by atoms with van der Waals surface area (Å²) in [5.41, 5.74) is 4.07. The summed E-state index contributed by atoms with van der Waals surface area (Å²) in [6, 6.07) is 13.9. The molecule has 0 spiro atoms. The van der Waals surface area contributed by atoms with Gasteiger partial charge >= 0.3 is 0 Å². The Labute approximate surface area is 177 Å². The van der Waals surface area contributed by atoms with Crippen molar-refractivity contribution >= 4 is 39.6 Å². The van der Waals surface area contributed by atoms with Gasteiger partial charge in [-0.1, -0.05) is 19.1 Å². The number of nitrogens with zero attached hydrogens (tertiary/aromatic N) is 3. The Kier molecular flexibility index (Phi) is 4.89. The predicted octanol–water partition coefficient (Wildman–Crippen LogP) is 5.96. The molecule has 1 aliphatic rings. The molecule has 5 rings (SSSR count). The average molecular weight is 420 g/mol. The highest BCUT2D eigenvalue weighted by Gasteiger charge is 2.22. The van der Waals surface area contributed by atoms with Crippen LogP contribution in [0.15, 0.2) is 53.2 Å². The fraction of sp³-hybridized carbons (Fsp3) is 0.261. The number of piperidine rings is 1. The summed E-state index contributed by atoms with van der Waals surface area (Å²) in [5.74, 6) is 0.797. The van der Waals surface area contributed by atoms with Gasteiger partial charge in [-0.25, -0.2) is 9.97 Å². The minimum atomic E-state index is 0.0978. The highest BCUT2D eigenvalue weighted by Crippen LogP contribution is 2.35. The monoisotopic (exact) mass is 419 g/mol. The number of aromatic nitrogens is 2. The molecule has 0 bridgehead atoms. The largest absolute Gasteiger partial charge is 0.339 e. The van der Waals surface area contributed by atoms with Crippen LogP contribution in [0, 0.1) is 5.92 Å². The number of amides is 1. The quantitative estimate of drug-likeness (QED) is 0.412. The fourth-order valence-corrected chi connectivity index (χ4v) is 5.18. The van der Waals surface area contributed by atoms with E-state index in [-0.39, 0.29) is 5.91 Å². The van der Waals surface area contributed by atoms with Crippen LogP contribution in [0.5, 0.6) is 0 Å². The third kappa shape index (κ3) is 3.58. The van der Waals surface area contributed by atoms with E-state index in [0.29, 0.717) is 11.5 Å². The molecule has 4 heterocycles. The number of likely N-dealkylation sites (tertiary alicyclic amines) is 1. The van der Waals surface area contributed by atoms with Crippen molar-refractivity contribution in [3.05, 3.63) is 58.8 Å². The van der Waals surface area contributed by atoms with Crippen molar-refractivity contribution in [1.82, 2.24) is 14.9 Å². The second-order valence-electron chi connectivity index (χ2n) is 7.55. The van der Waals surface area contributed by atoms with Gasteiger partial charge in [0.2, 0.25) is 0 Å². The van der Waals surface area contributed by atoms with Crippen molar-refractivity contribution in [3.63, 3.8) is 0 Å². The zero-order valence-electron chi connectivity index (χ0n) is 16.2. The summed E-state index contributed by atoms with van der Waals surface area (Å²) < 4.78 is 0. The summed E-state index contributed by atoms with van der Waals surface area (Å²) in [5, 5.41) is 4.11. The van der Waals surface area contributed by atoms with E-state index < -0.39 is 0 Å². The van der Waals surface area contributed by atoms with E-state index in [4.69, 9.17) is 9.97 Å². The van der Waals surface area contributed by atoms with E-state index in [0.717, 1.165) is 58.1 Å². The van der Waals surface area contributed by atoms with Crippen LogP contribution in [0.1, 0.15) is 30.1 Å². The summed E-state index contributed by atoms with van der Waals surface area (Å²) in [7, 11) is 0. The zero-order valence-corrected chi connectivity index (χ0v) is 17.8. The first-order chi connectivity index (χ1) is 14.2. The molecule has 0 aliphatic carbocycles. The smallest absolute Gasteiger partial charge is 0.253 e. The summed E-state index contributed by atoms with van der Waals surface area (Å²) in [6.07, 6.45) is 2.15. The van der Waals surface area contributed by atoms with Crippen LogP contribution in [0.2, 0.25) is 0 Å². The summed E-state index contributed by atoms with van der Waals surface area (Å²) in [6.45, 7) is 3.92. The maximum absolute atomic E-state index is 13.0. The van der Waals surface area contributed by atoms with Gasteiger partial charge in [0.25, 0.3) is 5.91 Å². The van der Waals surface area contributed by atoms with E-state index >= 15 is 0 Å². The van der Waals surface area contributed by atoms with Crippen molar-refractivity contribution in [3.8, 4) is 21.1 Å². The molecule has 0 radical (unpaired) electrons. The molecule has 1 aromatic carbocycles. The Morgan fingerprint density at radius 2 is 1.55 bits per heavy atom. The highest BCUT2D eigenvalue weighted by atomic mass is 32.1. The number of carbonyl (C=O) groups is 1. The zero-order chi connectivity index (χ0) is 19.8. The SMILES string of the molecule is CC1CCN(C(=O)c2ccc3nc(-c4cccs4)c(-c4cccs4)nc3c2)CC1. The standard InChI is InChI=1S/C23H21N3OS2/c1-15-8-10-26(11-9-15)23(27)16-6-7-17-18(14-16)25-22(20-5-3-13-29-20)21(24-17)19-4-2-12-28-19/h2-7,12-15H,8-11H2,1H3. The molecule has 146 valence electrons. The van der Waals surface area contributed by atoms with Gasteiger partial charge in [-0.05, 0) is 59.9 Å². The lowest BCUT2D eigenvalue weighted by Crippen LogP contribution is -2.37. The molecule has 0 unspecified atom stereocenters. The van der Waals surface area contributed by atoms with Crippen LogP contribution >= 0.6 is 22.7 Å². The number of rotatable bonds is 3. The van der Waals surface area contributed by atoms with E-state index in [1.54, 1.807) is 22.7 Å². The van der Waals surface area contributed by atoms with Gasteiger partial charge < -0.3 is 4.90 Å². The summed E-state index contributed by atoms with van der Waals surface area (Å²) in [4.78, 5) is 27.0. The lowest BCUT2D eigenvalue weighted by molar-refractivity contribution is 0.0697. The molecule has 1 saturated heterocycles. The number of hydrogen-bond donors (Lipinski definition) is 0. The van der Waals surface area contributed by atoms with Crippen LogP contribution in [-0.4, -0.2) is 33.9 Å². The van der Waals surface area contributed by atoms with Crippen LogP contribution in [-0.2, 0) is 0 Å². The topological polar surface area (TPSA) is 46.1 Å². The molecule has 6 heteroatoms. The molecule has 1 amide bonds. The first-order valence-corrected chi connectivity index (χ1v) is 11.6. The van der Waals surface area contributed by atoms with Gasteiger partial charge in [-0.15, -0.1) is 22.7 Å². The van der Waals surface area contributed by atoms with Crippen LogP contribution in [0.4, 0.5) is 0 Å². The maximum Gasteiger partial charge on any atom is 0.253 e. The van der Waals surface area contributed by atoms with Crippen molar-refractivity contribution in [1.29, 1.82) is 0 Å². The van der Waals surface area contributed by atoms with E-state index in [2.05, 4.69) is 29.8 Å². The van der Waals surface area contributed by atoms with E-state index in [9.17, 15) is 4.79 Å². The molecule has 1 fully saturated rings. The number of thiophene rings is 2. The molecule has 1 aliphatic heterocycles. The lowest BCUT2D eigenvalue weighted by Gasteiger charge is -2.30. The van der Waals surface area contributed by atoms with Gasteiger partial charge in [0, 0.05) is 18.7 Å². The Morgan fingerprint density at radius 1 is 0.931 bits per heavy atom. The Morgan fingerprint density at radius 3 is 2.14 bits per heavy atom. The normalized spacial score (nSPS) is 15.1. The summed E-state index contributed by atoms with van der Waals surface area (Å²) >= 11 is 3.32. The molecule has 0 saturated carbocycles. The minimum Gasteiger partial charge on any atom is -0.339 e. The lowest BCUT2D eigenvalue weighted by atomic mass is 9.98. The molecule has 3 aromatic heterocycles. The predicted molar refractivity (Wildman–Crippen MR) is 120 cm³/mol. The van der Waals surface area contributed by atoms with Gasteiger partial charge in [-0.3, -0.25) is 4.79 Å². The number of hydrogen-bond acceptors (Lipinski definition) is 5. The molecule has 0 N–H and O–H groups in total. The molecule has 0 atom stereocenters. The molecule has 4 nitrogen and oxygen atoms in total. The van der Waals surface area contributed by atoms with Crippen LogP contribution in [0.25, 0.3) is 32.2 Å². The Balaban J connectivity index is 1.57. The van der Waals surface area contributed by atoms with Crippen LogP contribution < -0.4 is 0 Å². The maximum atomic E-state index is 13.0. The van der Waals surface area contributed by atoms with E-state index in [1.165, 1.54) is 0 Å². The third-order valence-electron chi connectivity index (χ3n) is 5.49. The molecular weight excluding hydrogens is 398 g/mol. The van der Waals surface area contributed by atoms with Gasteiger partial charge in [0.1, 0.15) is 11.4 Å². The van der Waals surface area contributed by atoms with Crippen LogP contribution in [0.3, 0.4) is 0 Å². The second kappa shape index (κ2) is 7.69. The first-order valence-electron chi connectivity index (χ1n) is 9.88. The van der Waals surface area contributed by atoms with Gasteiger partial charge in [0.05, 0.1) is 20.8 Å². The van der Waals surface area contributed by atoms with Crippen molar-refractivity contribution < 1.29 is 4.79 Å². The number of fused-ring (bicyclic) bond motifs is 1. The highest BCUT2D eigenvalue weighted by molar-refractivity contribution is 7.14. The third-order valence-corrected chi connectivity index (χ3v) is 7.24. The van der Waals surface area contributed by atoms with Gasteiger partial charge in [-0.2, -0.15) is 0 Å². The second-order valence-corrected chi connectivity index (χ2v) is 9.45. The molecular formula is C23H21N3OS2.